The molecule has 0 atom stereocenters. The highest BCUT2D eigenvalue weighted by molar-refractivity contribution is 14.0. The molecular weight excluding hydrogens is 453 g/mol. The van der Waals surface area contributed by atoms with Gasteiger partial charge in [-0.05, 0) is 43.7 Å². The van der Waals surface area contributed by atoms with Gasteiger partial charge in [-0.25, -0.2) is 14.7 Å². The monoisotopic (exact) mass is 477 g/mol. The summed E-state index contributed by atoms with van der Waals surface area (Å²) in [6, 6.07) is 11.8. The maximum Gasteiger partial charge on any atom is 0.188 e. The molecule has 142 valence electrons. The van der Waals surface area contributed by atoms with E-state index in [2.05, 4.69) is 25.4 Å². The van der Waals surface area contributed by atoms with Crippen molar-refractivity contribution in [3.05, 3.63) is 71.4 Å². The van der Waals surface area contributed by atoms with E-state index in [1.807, 2.05) is 54.9 Å². The first-order valence-corrected chi connectivity index (χ1v) is 8.54. The molecule has 3 rings (SSSR count). The van der Waals surface area contributed by atoms with Crippen molar-refractivity contribution in [2.75, 3.05) is 6.54 Å². The summed E-state index contributed by atoms with van der Waals surface area (Å²) < 4.78 is 1.83. The Balaban J connectivity index is 0.00000261. The maximum absolute atomic E-state index is 5.91. The lowest BCUT2D eigenvalue weighted by Crippen LogP contribution is -2.33. The van der Waals surface area contributed by atoms with E-state index in [1.54, 1.807) is 12.4 Å². The second-order valence-electron chi connectivity index (χ2n) is 6.06. The second kappa shape index (κ2) is 10.0. The van der Waals surface area contributed by atoms with Crippen molar-refractivity contribution < 1.29 is 0 Å². The van der Waals surface area contributed by atoms with Gasteiger partial charge >= 0.3 is 0 Å². The van der Waals surface area contributed by atoms with Crippen LogP contribution in [0.4, 0.5) is 0 Å². The Bertz CT molecular complexity index is 873. The van der Waals surface area contributed by atoms with Crippen molar-refractivity contribution in [1.29, 1.82) is 0 Å². The minimum atomic E-state index is 0. The van der Waals surface area contributed by atoms with E-state index in [1.165, 1.54) is 0 Å². The molecule has 3 aromatic rings. The first-order valence-electron chi connectivity index (χ1n) is 8.54. The molecule has 0 fully saturated rings. The van der Waals surface area contributed by atoms with Crippen LogP contribution >= 0.6 is 24.0 Å². The summed E-state index contributed by atoms with van der Waals surface area (Å²) in [5, 5.41) is 7.54. The van der Waals surface area contributed by atoms with Crippen LogP contribution in [-0.2, 0) is 13.0 Å². The number of aliphatic imine (C=N–C) groups is 1. The third-order valence-corrected chi connectivity index (χ3v) is 3.88. The number of nitrogens with zero attached hydrogens (tertiary/aromatic N) is 5. The molecule has 27 heavy (non-hydrogen) atoms. The van der Waals surface area contributed by atoms with E-state index in [4.69, 9.17) is 5.73 Å². The first kappa shape index (κ1) is 20.8. The lowest BCUT2D eigenvalue weighted by Gasteiger charge is -2.06. The summed E-state index contributed by atoms with van der Waals surface area (Å²) >= 11 is 0. The van der Waals surface area contributed by atoms with Crippen LogP contribution < -0.4 is 11.1 Å². The number of guanidine groups is 1. The molecule has 0 aromatic carbocycles. The zero-order valence-corrected chi connectivity index (χ0v) is 17.8. The van der Waals surface area contributed by atoms with Gasteiger partial charge < -0.3 is 11.1 Å². The number of pyridine rings is 2. The van der Waals surface area contributed by atoms with Crippen LogP contribution in [0.3, 0.4) is 0 Å². The predicted molar refractivity (Wildman–Crippen MR) is 118 cm³/mol. The van der Waals surface area contributed by atoms with Gasteiger partial charge in [-0.3, -0.25) is 4.98 Å². The van der Waals surface area contributed by atoms with E-state index >= 15 is 0 Å². The van der Waals surface area contributed by atoms with Gasteiger partial charge in [-0.1, -0.05) is 12.1 Å². The number of hydrogen-bond donors (Lipinski definition) is 2. The van der Waals surface area contributed by atoms with Gasteiger partial charge in [0.1, 0.15) is 0 Å². The molecule has 0 radical (unpaired) electrons. The minimum absolute atomic E-state index is 0. The zero-order chi connectivity index (χ0) is 18.4. The third-order valence-electron chi connectivity index (χ3n) is 3.88. The molecule has 0 spiro atoms. The van der Waals surface area contributed by atoms with Gasteiger partial charge in [0.2, 0.25) is 0 Å². The van der Waals surface area contributed by atoms with Crippen LogP contribution in [-0.4, -0.2) is 32.3 Å². The predicted octanol–water partition coefficient (Wildman–Crippen LogP) is 2.54. The molecule has 3 heterocycles. The number of nitrogens with one attached hydrogen (secondary N) is 1. The Labute approximate surface area is 176 Å². The molecule has 7 nitrogen and oxygen atoms in total. The number of aryl methyl sites for hydroxylation is 2. The van der Waals surface area contributed by atoms with Crippen molar-refractivity contribution in [2.45, 2.75) is 26.8 Å². The number of nitrogens with two attached hydrogens (primary N) is 1. The summed E-state index contributed by atoms with van der Waals surface area (Å²) in [7, 11) is 0. The van der Waals surface area contributed by atoms with Crippen molar-refractivity contribution in [1.82, 2.24) is 25.1 Å². The Kier molecular flexibility index (Phi) is 7.71. The number of rotatable bonds is 6. The molecule has 0 unspecified atom stereocenters. The largest absolute Gasteiger partial charge is 0.370 e. The molecule has 0 aliphatic carbocycles. The number of aromatic nitrogens is 4. The highest BCUT2D eigenvalue weighted by atomic mass is 127. The Hall–Kier alpha value is -2.49. The molecule has 0 bridgehead atoms. The molecule has 0 saturated carbocycles. The van der Waals surface area contributed by atoms with Crippen LogP contribution in [0, 0.1) is 13.8 Å². The van der Waals surface area contributed by atoms with Crippen LogP contribution in [0.15, 0.2) is 53.8 Å². The molecule has 3 aromatic heterocycles. The Morgan fingerprint density at radius 2 is 2.04 bits per heavy atom. The molecule has 0 saturated heterocycles. The van der Waals surface area contributed by atoms with Crippen molar-refractivity contribution in [2.24, 2.45) is 10.7 Å². The maximum atomic E-state index is 5.91. The summed E-state index contributed by atoms with van der Waals surface area (Å²) in [6.07, 6.45) is 4.39. The highest BCUT2D eigenvalue weighted by Crippen LogP contribution is 2.10. The van der Waals surface area contributed by atoms with Gasteiger partial charge in [0.15, 0.2) is 11.8 Å². The van der Waals surface area contributed by atoms with E-state index in [-0.39, 0.29) is 24.0 Å². The zero-order valence-electron chi connectivity index (χ0n) is 15.5. The van der Waals surface area contributed by atoms with Crippen LogP contribution in [0.2, 0.25) is 0 Å². The van der Waals surface area contributed by atoms with Crippen molar-refractivity contribution >= 4 is 29.9 Å². The van der Waals surface area contributed by atoms with Crippen molar-refractivity contribution in [3.63, 3.8) is 0 Å². The lowest BCUT2D eigenvalue weighted by molar-refractivity contribution is 0.802. The lowest BCUT2D eigenvalue weighted by atomic mass is 10.3. The molecule has 8 heteroatoms. The fourth-order valence-electron chi connectivity index (χ4n) is 2.59. The number of halogens is 1. The Morgan fingerprint density at radius 1 is 1.19 bits per heavy atom. The van der Waals surface area contributed by atoms with Gasteiger partial charge in [0, 0.05) is 36.7 Å². The highest BCUT2D eigenvalue weighted by Gasteiger charge is 2.04. The molecule has 0 aliphatic heterocycles. The topological polar surface area (TPSA) is 94.0 Å². The van der Waals surface area contributed by atoms with Gasteiger partial charge in [0.25, 0.3) is 0 Å². The molecule has 0 aliphatic rings. The van der Waals surface area contributed by atoms with Crippen LogP contribution in [0.5, 0.6) is 0 Å². The minimum Gasteiger partial charge on any atom is -0.370 e. The van der Waals surface area contributed by atoms with Crippen LogP contribution in [0.25, 0.3) is 5.82 Å². The average Bonchev–Trinajstić information content (AvgIpc) is 2.99. The summed E-state index contributed by atoms with van der Waals surface area (Å²) in [5.41, 5.74) is 9.96. The van der Waals surface area contributed by atoms with Gasteiger partial charge in [-0.2, -0.15) is 5.10 Å². The number of hydrogen-bond acceptors (Lipinski definition) is 4. The third kappa shape index (κ3) is 6.02. The molecule has 0 amide bonds. The summed E-state index contributed by atoms with van der Waals surface area (Å²) in [4.78, 5) is 13.1. The SMILES string of the molecule is Cc1cc(C)n(-c2ccc(CN=C(N)NCCc3ccccn3)cn2)n1.I. The van der Waals surface area contributed by atoms with E-state index < -0.39 is 0 Å². The van der Waals surface area contributed by atoms with Crippen molar-refractivity contribution in [3.8, 4) is 5.82 Å². The Morgan fingerprint density at radius 3 is 2.67 bits per heavy atom. The average molecular weight is 477 g/mol. The standard InChI is InChI=1S/C19H23N7.HI/c1-14-11-15(2)26(25-14)18-7-6-16(12-23-18)13-24-19(20)22-10-8-17-5-3-4-9-21-17;/h3-7,9,11-12H,8,10,13H2,1-2H3,(H3,20,22,24);1H. The van der Waals surface area contributed by atoms with Crippen LogP contribution in [0.1, 0.15) is 22.6 Å². The summed E-state index contributed by atoms with van der Waals surface area (Å²) in [5.74, 6) is 1.22. The summed E-state index contributed by atoms with van der Waals surface area (Å²) in [6.45, 7) is 5.15. The molecular formula is C19H24IN7. The fraction of sp³-hybridized carbons (Fsp3) is 0.263. The molecule has 3 N–H and O–H groups in total. The van der Waals surface area contributed by atoms with E-state index in [0.29, 0.717) is 19.0 Å². The smallest absolute Gasteiger partial charge is 0.188 e. The van der Waals surface area contributed by atoms with E-state index in [9.17, 15) is 0 Å². The fourth-order valence-corrected chi connectivity index (χ4v) is 2.59. The van der Waals surface area contributed by atoms with Gasteiger partial charge in [0.05, 0.1) is 12.2 Å². The quantitative estimate of drug-likeness (QED) is 0.324. The second-order valence-corrected chi connectivity index (χ2v) is 6.06. The first-order chi connectivity index (χ1) is 12.6. The van der Waals surface area contributed by atoms with E-state index in [0.717, 1.165) is 34.9 Å². The normalized spacial score (nSPS) is 11.1. The van der Waals surface area contributed by atoms with Gasteiger partial charge in [-0.15, -0.1) is 24.0 Å².